The summed E-state index contributed by atoms with van der Waals surface area (Å²) in [5.41, 5.74) is 1.72. The van der Waals surface area contributed by atoms with Crippen LogP contribution < -0.4 is 16.0 Å². The van der Waals surface area contributed by atoms with Crippen molar-refractivity contribution < 1.29 is 9.59 Å². The predicted molar refractivity (Wildman–Crippen MR) is 103 cm³/mol. The molecule has 0 aromatic heterocycles. The van der Waals surface area contributed by atoms with Gasteiger partial charge in [-0.25, -0.2) is 0 Å². The molecule has 0 aliphatic carbocycles. The van der Waals surface area contributed by atoms with Crippen molar-refractivity contribution in [2.45, 2.75) is 39.3 Å². The first kappa shape index (κ1) is 19.8. The Kier molecular flexibility index (Phi) is 7.44. The van der Waals surface area contributed by atoms with Gasteiger partial charge in [-0.05, 0) is 31.0 Å². The Morgan fingerprint density at radius 3 is 2.54 bits per heavy atom. The largest absolute Gasteiger partial charge is 0.352 e. The highest BCUT2D eigenvalue weighted by atomic mass is 16.2. The van der Waals surface area contributed by atoms with Gasteiger partial charge < -0.3 is 20.9 Å². The zero-order valence-electron chi connectivity index (χ0n) is 15.8. The van der Waals surface area contributed by atoms with Gasteiger partial charge in [-0.3, -0.25) is 14.6 Å². The van der Waals surface area contributed by atoms with Crippen LogP contribution in [0.1, 0.15) is 42.6 Å². The molecule has 1 aromatic rings. The second kappa shape index (κ2) is 9.79. The van der Waals surface area contributed by atoms with Crippen LogP contribution >= 0.6 is 0 Å². The SMILES string of the molecule is CCNC(=O)c1ccc(CNC(=NC)NC2CCN(C(=O)CC)C2)cc1. The molecule has 1 aliphatic rings. The fourth-order valence-electron chi connectivity index (χ4n) is 2.94. The van der Waals surface area contributed by atoms with Crippen LogP contribution in [-0.4, -0.2) is 55.4 Å². The van der Waals surface area contributed by atoms with E-state index >= 15 is 0 Å². The zero-order valence-corrected chi connectivity index (χ0v) is 15.8. The van der Waals surface area contributed by atoms with Crippen molar-refractivity contribution >= 4 is 17.8 Å². The molecule has 0 bridgehead atoms. The number of aliphatic imine (C=N–C) groups is 1. The van der Waals surface area contributed by atoms with E-state index in [1.807, 2.05) is 43.0 Å². The second-order valence-electron chi connectivity index (χ2n) is 6.31. The van der Waals surface area contributed by atoms with E-state index in [0.29, 0.717) is 37.6 Å². The number of benzene rings is 1. The normalized spacial score (nSPS) is 17.1. The Morgan fingerprint density at radius 1 is 1.19 bits per heavy atom. The van der Waals surface area contributed by atoms with Crippen molar-refractivity contribution in [3.05, 3.63) is 35.4 Å². The van der Waals surface area contributed by atoms with Crippen LogP contribution in [0.4, 0.5) is 0 Å². The first-order chi connectivity index (χ1) is 12.6. The highest BCUT2D eigenvalue weighted by Gasteiger charge is 2.25. The molecule has 0 radical (unpaired) electrons. The molecule has 0 spiro atoms. The van der Waals surface area contributed by atoms with Crippen LogP contribution in [0.5, 0.6) is 0 Å². The topological polar surface area (TPSA) is 85.8 Å². The highest BCUT2D eigenvalue weighted by Crippen LogP contribution is 2.10. The summed E-state index contributed by atoms with van der Waals surface area (Å²) in [5.74, 6) is 0.856. The lowest BCUT2D eigenvalue weighted by Crippen LogP contribution is -2.44. The third-order valence-corrected chi connectivity index (χ3v) is 4.42. The summed E-state index contributed by atoms with van der Waals surface area (Å²) in [5, 5.41) is 9.44. The minimum atomic E-state index is -0.0584. The number of nitrogens with one attached hydrogen (secondary N) is 3. The quantitative estimate of drug-likeness (QED) is 0.525. The van der Waals surface area contributed by atoms with Crippen LogP contribution in [0.2, 0.25) is 0 Å². The molecule has 1 aromatic carbocycles. The standard InChI is InChI=1S/C19H29N5O2/c1-4-17(25)24-11-10-16(13-24)23-19(20-3)22-12-14-6-8-15(9-7-14)18(26)21-5-2/h6-9,16H,4-5,10-13H2,1-3H3,(H,21,26)(H2,20,22,23). The Hall–Kier alpha value is -2.57. The predicted octanol–water partition coefficient (Wildman–Crippen LogP) is 1.11. The third kappa shape index (κ3) is 5.47. The molecule has 2 rings (SSSR count). The minimum Gasteiger partial charge on any atom is -0.352 e. The monoisotopic (exact) mass is 359 g/mol. The first-order valence-corrected chi connectivity index (χ1v) is 9.19. The van der Waals surface area contributed by atoms with Gasteiger partial charge in [-0.2, -0.15) is 0 Å². The van der Waals surface area contributed by atoms with E-state index in [1.165, 1.54) is 0 Å². The number of amides is 2. The Labute approximate surface area is 155 Å². The molecular weight excluding hydrogens is 330 g/mol. The molecule has 1 fully saturated rings. The lowest BCUT2D eigenvalue weighted by Gasteiger charge is -2.18. The number of carbonyl (C=O) groups is 2. The fraction of sp³-hybridized carbons (Fsp3) is 0.526. The van der Waals surface area contributed by atoms with E-state index in [2.05, 4.69) is 20.9 Å². The number of carbonyl (C=O) groups excluding carboxylic acids is 2. The molecular formula is C19H29N5O2. The molecule has 1 heterocycles. The van der Waals surface area contributed by atoms with Crippen molar-refractivity contribution in [3.63, 3.8) is 0 Å². The third-order valence-electron chi connectivity index (χ3n) is 4.42. The van der Waals surface area contributed by atoms with Crippen molar-refractivity contribution in [3.8, 4) is 0 Å². The maximum atomic E-state index is 11.8. The number of nitrogens with zero attached hydrogens (tertiary/aromatic N) is 2. The minimum absolute atomic E-state index is 0.0584. The van der Waals surface area contributed by atoms with Gasteiger partial charge in [0.05, 0.1) is 0 Å². The molecule has 7 heteroatoms. The number of rotatable bonds is 6. The highest BCUT2D eigenvalue weighted by molar-refractivity contribution is 5.94. The summed E-state index contributed by atoms with van der Waals surface area (Å²) < 4.78 is 0. The Morgan fingerprint density at radius 2 is 1.92 bits per heavy atom. The fourth-order valence-corrected chi connectivity index (χ4v) is 2.94. The average Bonchev–Trinajstić information content (AvgIpc) is 3.13. The van der Waals surface area contributed by atoms with E-state index in [0.717, 1.165) is 18.5 Å². The van der Waals surface area contributed by atoms with Gasteiger partial charge in [0.1, 0.15) is 0 Å². The second-order valence-corrected chi connectivity index (χ2v) is 6.31. The Bertz CT molecular complexity index is 642. The lowest BCUT2D eigenvalue weighted by molar-refractivity contribution is -0.129. The molecule has 0 saturated carbocycles. The molecule has 1 saturated heterocycles. The van der Waals surface area contributed by atoms with Crippen molar-refractivity contribution in [1.29, 1.82) is 0 Å². The number of hydrogen-bond acceptors (Lipinski definition) is 3. The lowest BCUT2D eigenvalue weighted by atomic mass is 10.1. The summed E-state index contributed by atoms with van der Waals surface area (Å²) in [6.45, 7) is 6.53. The summed E-state index contributed by atoms with van der Waals surface area (Å²) in [6, 6.07) is 7.73. The average molecular weight is 359 g/mol. The van der Waals surface area contributed by atoms with Crippen LogP contribution in [-0.2, 0) is 11.3 Å². The van der Waals surface area contributed by atoms with Gasteiger partial charge in [0, 0.05) is 51.3 Å². The van der Waals surface area contributed by atoms with Crippen molar-refractivity contribution in [2.24, 2.45) is 4.99 Å². The van der Waals surface area contributed by atoms with E-state index < -0.39 is 0 Å². The molecule has 1 atom stereocenters. The van der Waals surface area contributed by atoms with Gasteiger partial charge in [0.25, 0.3) is 5.91 Å². The number of guanidine groups is 1. The molecule has 1 aliphatic heterocycles. The summed E-state index contributed by atoms with van der Waals surface area (Å²) in [6.07, 6.45) is 1.47. The van der Waals surface area contributed by atoms with E-state index in [9.17, 15) is 9.59 Å². The smallest absolute Gasteiger partial charge is 0.251 e. The van der Waals surface area contributed by atoms with Gasteiger partial charge >= 0.3 is 0 Å². The van der Waals surface area contributed by atoms with E-state index in [4.69, 9.17) is 0 Å². The van der Waals surface area contributed by atoms with Crippen LogP contribution in [0.25, 0.3) is 0 Å². The summed E-state index contributed by atoms with van der Waals surface area (Å²) in [4.78, 5) is 29.7. The van der Waals surface area contributed by atoms with Gasteiger partial charge in [0.2, 0.25) is 5.91 Å². The zero-order chi connectivity index (χ0) is 18.9. The van der Waals surface area contributed by atoms with Crippen molar-refractivity contribution in [1.82, 2.24) is 20.9 Å². The van der Waals surface area contributed by atoms with Crippen LogP contribution in [0.15, 0.2) is 29.3 Å². The van der Waals surface area contributed by atoms with Crippen molar-refractivity contribution in [2.75, 3.05) is 26.7 Å². The molecule has 142 valence electrons. The first-order valence-electron chi connectivity index (χ1n) is 9.19. The Balaban J connectivity index is 1.82. The number of likely N-dealkylation sites (tertiary alicyclic amines) is 1. The van der Waals surface area contributed by atoms with E-state index in [-0.39, 0.29) is 17.9 Å². The van der Waals surface area contributed by atoms with Gasteiger partial charge in [0.15, 0.2) is 5.96 Å². The summed E-state index contributed by atoms with van der Waals surface area (Å²) >= 11 is 0. The van der Waals surface area contributed by atoms with Gasteiger partial charge in [-0.1, -0.05) is 19.1 Å². The van der Waals surface area contributed by atoms with Crippen LogP contribution in [0, 0.1) is 0 Å². The maximum Gasteiger partial charge on any atom is 0.251 e. The molecule has 26 heavy (non-hydrogen) atoms. The maximum absolute atomic E-state index is 11.8. The number of hydrogen-bond donors (Lipinski definition) is 3. The molecule has 3 N–H and O–H groups in total. The van der Waals surface area contributed by atoms with Crippen LogP contribution in [0.3, 0.4) is 0 Å². The molecule has 2 amide bonds. The molecule has 7 nitrogen and oxygen atoms in total. The summed E-state index contributed by atoms with van der Waals surface area (Å²) in [7, 11) is 1.73. The molecule has 1 unspecified atom stereocenters. The van der Waals surface area contributed by atoms with Gasteiger partial charge in [-0.15, -0.1) is 0 Å². The van der Waals surface area contributed by atoms with E-state index in [1.54, 1.807) is 7.05 Å².